The van der Waals surface area contributed by atoms with Crippen LogP contribution in [0.25, 0.3) is 0 Å². The lowest BCUT2D eigenvalue weighted by Crippen LogP contribution is -2.52. The molecule has 6 heteroatoms. The number of likely N-dealkylation sites (tertiary alicyclic amines) is 1. The minimum Gasteiger partial charge on any atom is -0.336 e. The van der Waals surface area contributed by atoms with Crippen LogP contribution in [0.15, 0.2) is 0 Å². The molecule has 2 fully saturated rings. The van der Waals surface area contributed by atoms with Crippen LogP contribution in [-0.4, -0.2) is 66.3 Å². The first-order chi connectivity index (χ1) is 10.3. The molecule has 128 valence electrons. The molecular weight excluding hydrogens is 300 g/mol. The average molecular weight is 330 g/mol. The van der Waals surface area contributed by atoms with E-state index in [9.17, 15) is 13.2 Å². The summed E-state index contributed by atoms with van der Waals surface area (Å²) in [5, 5.41) is -1.42. The maximum atomic E-state index is 12.9. The van der Waals surface area contributed by atoms with Gasteiger partial charge < -0.3 is 9.80 Å². The number of carbonyl (C=O) groups excluding carboxylic acids is 1. The van der Waals surface area contributed by atoms with Crippen molar-refractivity contribution in [2.45, 2.75) is 76.0 Å². The number of piperidine rings is 1. The van der Waals surface area contributed by atoms with Gasteiger partial charge in [0, 0.05) is 25.2 Å². The van der Waals surface area contributed by atoms with Crippen molar-refractivity contribution in [1.29, 1.82) is 0 Å². The molecule has 1 atom stereocenters. The third-order valence-electron chi connectivity index (χ3n) is 5.09. The highest BCUT2D eigenvalue weighted by Gasteiger charge is 2.43. The number of rotatable bonds is 6. The zero-order valence-electron chi connectivity index (χ0n) is 14.3. The van der Waals surface area contributed by atoms with Crippen molar-refractivity contribution in [1.82, 2.24) is 9.80 Å². The minimum absolute atomic E-state index is 0.175. The Bertz CT molecular complexity index is 492. The highest BCUT2D eigenvalue weighted by molar-refractivity contribution is 7.93. The molecule has 1 aliphatic heterocycles. The monoisotopic (exact) mass is 330 g/mol. The van der Waals surface area contributed by atoms with Gasteiger partial charge in [0.2, 0.25) is 5.91 Å². The summed E-state index contributed by atoms with van der Waals surface area (Å²) >= 11 is 0. The van der Waals surface area contributed by atoms with Crippen molar-refractivity contribution in [3.8, 4) is 0 Å². The number of hydrogen-bond acceptors (Lipinski definition) is 4. The fourth-order valence-electron chi connectivity index (χ4n) is 3.28. The van der Waals surface area contributed by atoms with Crippen molar-refractivity contribution in [3.63, 3.8) is 0 Å². The third-order valence-corrected chi connectivity index (χ3v) is 7.59. The maximum absolute atomic E-state index is 12.9. The maximum Gasteiger partial charge on any atom is 0.241 e. The Morgan fingerprint density at radius 1 is 1.09 bits per heavy atom. The molecule has 0 bridgehead atoms. The molecule has 2 aliphatic rings. The fraction of sp³-hybridized carbons (Fsp3) is 0.938. The van der Waals surface area contributed by atoms with Gasteiger partial charge in [0.15, 0.2) is 9.84 Å². The van der Waals surface area contributed by atoms with Gasteiger partial charge in [-0.25, -0.2) is 8.42 Å². The van der Waals surface area contributed by atoms with E-state index < -0.39 is 20.3 Å². The normalized spacial score (nSPS) is 22.8. The number of amides is 1. The van der Waals surface area contributed by atoms with Crippen molar-refractivity contribution in [2.75, 3.05) is 19.6 Å². The summed E-state index contributed by atoms with van der Waals surface area (Å²) in [4.78, 5) is 17.2. The van der Waals surface area contributed by atoms with Gasteiger partial charge in [-0.15, -0.1) is 0 Å². The van der Waals surface area contributed by atoms with Gasteiger partial charge in [-0.1, -0.05) is 6.92 Å². The van der Waals surface area contributed by atoms with E-state index in [0.717, 1.165) is 45.3 Å². The van der Waals surface area contributed by atoms with Gasteiger partial charge in [-0.3, -0.25) is 4.79 Å². The Morgan fingerprint density at radius 2 is 1.59 bits per heavy atom. The SMILES string of the molecule is CCN1CCC(N(C(=O)[C@H](C)S(=O)(=O)C(C)C)C2CC2)CC1. The molecule has 0 spiro atoms. The number of nitrogens with zero attached hydrogens (tertiary/aromatic N) is 2. The lowest BCUT2D eigenvalue weighted by atomic mass is 10.0. The molecule has 2 rings (SSSR count). The fourth-order valence-corrected chi connectivity index (χ4v) is 4.50. The van der Waals surface area contributed by atoms with E-state index in [1.807, 2.05) is 4.90 Å². The molecule has 0 aromatic heterocycles. The van der Waals surface area contributed by atoms with Crippen LogP contribution < -0.4 is 0 Å². The van der Waals surface area contributed by atoms with Crippen molar-refractivity contribution in [2.24, 2.45) is 0 Å². The topological polar surface area (TPSA) is 57.7 Å². The molecule has 0 aromatic carbocycles. The zero-order chi connectivity index (χ0) is 16.5. The lowest BCUT2D eigenvalue weighted by Gasteiger charge is -2.39. The van der Waals surface area contributed by atoms with E-state index in [4.69, 9.17) is 0 Å². The van der Waals surface area contributed by atoms with Gasteiger partial charge in [0.05, 0.1) is 5.25 Å². The Morgan fingerprint density at radius 3 is 2.00 bits per heavy atom. The molecule has 1 heterocycles. The quantitative estimate of drug-likeness (QED) is 0.743. The van der Waals surface area contributed by atoms with Crippen LogP contribution in [0.3, 0.4) is 0 Å². The Labute approximate surface area is 135 Å². The molecule has 0 unspecified atom stereocenters. The number of carbonyl (C=O) groups is 1. The molecule has 1 aliphatic carbocycles. The Balaban J connectivity index is 2.10. The summed E-state index contributed by atoms with van der Waals surface area (Å²) in [7, 11) is -3.38. The molecular formula is C16H30N2O3S. The van der Waals surface area contributed by atoms with Crippen LogP contribution in [0.1, 0.15) is 53.4 Å². The molecule has 0 radical (unpaired) electrons. The third kappa shape index (κ3) is 3.65. The first-order valence-electron chi connectivity index (χ1n) is 8.56. The first kappa shape index (κ1) is 17.7. The standard InChI is InChI=1S/C16H30N2O3S/c1-5-17-10-8-15(9-11-17)18(14-6-7-14)16(19)13(4)22(20,21)12(2)3/h12-15H,5-11H2,1-4H3/t13-/m0/s1. The average Bonchev–Trinajstić information content (AvgIpc) is 3.31. The molecule has 0 N–H and O–H groups in total. The summed E-state index contributed by atoms with van der Waals surface area (Å²) in [5.74, 6) is -0.175. The lowest BCUT2D eigenvalue weighted by molar-refractivity contribution is -0.134. The molecule has 1 saturated heterocycles. The van der Waals surface area contributed by atoms with Gasteiger partial charge in [-0.2, -0.15) is 0 Å². The van der Waals surface area contributed by atoms with Crippen LogP contribution in [0.2, 0.25) is 0 Å². The molecule has 0 aromatic rings. The van der Waals surface area contributed by atoms with Crippen LogP contribution in [-0.2, 0) is 14.6 Å². The highest BCUT2D eigenvalue weighted by Crippen LogP contribution is 2.33. The van der Waals surface area contributed by atoms with E-state index in [2.05, 4.69) is 11.8 Å². The molecule has 22 heavy (non-hydrogen) atoms. The van der Waals surface area contributed by atoms with E-state index >= 15 is 0 Å². The molecule has 1 amide bonds. The summed E-state index contributed by atoms with van der Waals surface area (Å²) in [6, 6.07) is 0.489. The second-order valence-electron chi connectivity index (χ2n) is 6.92. The van der Waals surface area contributed by atoms with Gasteiger partial charge in [-0.05, 0) is 53.0 Å². The van der Waals surface area contributed by atoms with Gasteiger partial charge in [0.1, 0.15) is 5.25 Å². The Hall–Kier alpha value is -0.620. The first-order valence-corrected chi connectivity index (χ1v) is 10.2. The summed E-state index contributed by atoms with van der Waals surface area (Å²) in [5.41, 5.74) is 0. The zero-order valence-corrected chi connectivity index (χ0v) is 15.1. The highest BCUT2D eigenvalue weighted by atomic mass is 32.2. The predicted octanol–water partition coefficient (Wildman–Crippen LogP) is 1.67. The van der Waals surface area contributed by atoms with E-state index in [1.54, 1.807) is 20.8 Å². The van der Waals surface area contributed by atoms with E-state index in [-0.39, 0.29) is 18.0 Å². The second-order valence-corrected chi connectivity index (χ2v) is 9.75. The van der Waals surface area contributed by atoms with Crippen molar-refractivity contribution < 1.29 is 13.2 Å². The van der Waals surface area contributed by atoms with E-state index in [1.165, 1.54) is 0 Å². The van der Waals surface area contributed by atoms with Gasteiger partial charge >= 0.3 is 0 Å². The van der Waals surface area contributed by atoms with Crippen molar-refractivity contribution >= 4 is 15.7 Å². The summed E-state index contributed by atoms with van der Waals surface area (Å²) < 4.78 is 24.7. The molecule has 1 saturated carbocycles. The van der Waals surface area contributed by atoms with Crippen molar-refractivity contribution in [3.05, 3.63) is 0 Å². The number of hydrogen-bond donors (Lipinski definition) is 0. The second kappa shape index (κ2) is 6.87. The largest absolute Gasteiger partial charge is 0.336 e. The minimum atomic E-state index is -3.38. The smallest absolute Gasteiger partial charge is 0.241 e. The molecule has 5 nitrogen and oxygen atoms in total. The number of sulfone groups is 1. The van der Waals surface area contributed by atoms with Crippen LogP contribution in [0.4, 0.5) is 0 Å². The van der Waals surface area contributed by atoms with E-state index in [0.29, 0.717) is 0 Å². The van der Waals surface area contributed by atoms with Gasteiger partial charge in [0.25, 0.3) is 0 Å². The van der Waals surface area contributed by atoms with Crippen LogP contribution in [0, 0.1) is 0 Å². The predicted molar refractivity (Wildman–Crippen MR) is 88.5 cm³/mol. The summed E-state index contributed by atoms with van der Waals surface area (Å²) in [6.07, 6.45) is 3.97. The Kier molecular flexibility index (Phi) is 5.54. The summed E-state index contributed by atoms with van der Waals surface area (Å²) in [6.45, 7) is 10.1. The van der Waals surface area contributed by atoms with Crippen LogP contribution in [0.5, 0.6) is 0 Å². The van der Waals surface area contributed by atoms with Crippen LogP contribution >= 0.6 is 0 Å².